The van der Waals surface area contributed by atoms with Crippen molar-refractivity contribution in [1.29, 1.82) is 0 Å². The van der Waals surface area contributed by atoms with Gasteiger partial charge in [0, 0.05) is 31.7 Å². The van der Waals surface area contributed by atoms with Gasteiger partial charge >= 0.3 is 0 Å². The molecule has 1 unspecified atom stereocenters. The minimum atomic E-state index is 0. The number of halogens is 2. The summed E-state index contributed by atoms with van der Waals surface area (Å²) in [6.45, 7) is 4.61. The van der Waals surface area contributed by atoms with Gasteiger partial charge in [-0.2, -0.15) is 0 Å². The first kappa shape index (κ1) is 22.0. The van der Waals surface area contributed by atoms with Crippen molar-refractivity contribution < 1.29 is 9.15 Å². The Balaban J connectivity index is 0.00000261. The Morgan fingerprint density at radius 1 is 1.22 bits per heavy atom. The van der Waals surface area contributed by atoms with Crippen LogP contribution in [-0.2, 0) is 11.3 Å². The molecule has 3 rings (SSSR count). The number of hydrogen-bond donors (Lipinski definition) is 2. The van der Waals surface area contributed by atoms with Crippen LogP contribution in [0.1, 0.15) is 17.4 Å². The van der Waals surface area contributed by atoms with Gasteiger partial charge in [-0.1, -0.05) is 23.7 Å². The molecule has 0 radical (unpaired) electrons. The minimum absolute atomic E-state index is 0. The Labute approximate surface area is 182 Å². The lowest BCUT2D eigenvalue weighted by molar-refractivity contribution is 0.0170. The zero-order chi connectivity index (χ0) is 18.2. The topological polar surface area (TPSA) is 62.0 Å². The molecule has 0 aliphatic carbocycles. The lowest BCUT2D eigenvalue weighted by Crippen LogP contribution is -2.46. The first-order valence-corrected chi connectivity index (χ1v) is 9.18. The summed E-state index contributed by atoms with van der Waals surface area (Å²) in [5, 5.41) is 7.44. The van der Waals surface area contributed by atoms with E-state index in [1.54, 1.807) is 13.3 Å². The fourth-order valence-electron chi connectivity index (χ4n) is 3.06. The third-order valence-electron chi connectivity index (χ3n) is 4.42. The molecule has 27 heavy (non-hydrogen) atoms. The number of nitrogens with one attached hydrogen (secondary N) is 2. The number of ether oxygens (including phenoxy) is 1. The Kier molecular flexibility index (Phi) is 9.40. The van der Waals surface area contributed by atoms with E-state index in [1.807, 2.05) is 30.3 Å². The average Bonchev–Trinajstić information content (AvgIpc) is 3.19. The van der Waals surface area contributed by atoms with Crippen molar-refractivity contribution in [1.82, 2.24) is 15.5 Å². The zero-order valence-electron chi connectivity index (χ0n) is 15.4. The molecule has 2 N–H and O–H groups in total. The summed E-state index contributed by atoms with van der Waals surface area (Å²) in [5.74, 6) is 1.61. The van der Waals surface area contributed by atoms with Gasteiger partial charge < -0.3 is 19.8 Å². The van der Waals surface area contributed by atoms with E-state index in [-0.39, 0.29) is 30.0 Å². The van der Waals surface area contributed by atoms with E-state index in [4.69, 9.17) is 20.8 Å². The van der Waals surface area contributed by atoms with E-state index in [0.29, 0.717) is 6.54 Å². The van der Waals surface area contributed by atoms with Crippen molar-refractivity contribution in [2.45, 2.75) is 12.6 Å². The molecule has 1 aromatic carbocycles. The maximum Gasteiger partial charge on any atom is 0.191 e. The Morgan fingerprint density at radius 3 is 2.70 bits per heavy atom. The van der Waals surface area contributed by atoms with Crippen molar-refractivity contribution in [3.8, 4) is 0 Å². The van der Waals surface area contributed by atoms with Gasteiger partial charge in [-0.3, -0.25) is 9.89 Å². The largest absolute Gasteiger partial charge is 0.467 e. The highest BCUT2D eigenvalue weighted by atomic mass is 127. The van der Waals surface area contributed by atoms with Crippen LogP contribution in [0.3, 0.4) is 0 Å². The smallest absolute Gasteiger partial charge is 0.191 e. The van der Waals surface area contributed by atoms with E-state index < -0.39 is 0 Å². The molecule has 0 amide bonds. The van der Waals surface area contributed by atoms with Gasteiger partial charge in [0.1, 0.15) is 5.76 Å². The molecule has 1 saturated heterocycles. The summed E-state index contributed by atoms with van der Waals surface area (Å²) in [6, 6.07) is 12.0. The summed E-state index contributed by atoms with van der Waals surface area (Å²) >= 11 is 6.21. The quantitative estimate of drug-likeness (QED) is 0.359. The van der Waals surface area contributed by atoms with Crippen molar-refractivity contribution in [2.75, 3.05) is 39.9 Å². The summed E-state index contributed by atoms with van der Waals surface area (Å²) in [7, 11) is 1.76. The van der Waals surface area contributed by atoms with Crippen LogP contribution in [0.2, 0.25) is 5.02 Å². The second-order valence-electron chi connectivity index (χ2n) is 6.11. The number of nitrogens with zero attached hydrogens (tertiary/aromatic N) is 2. The van der Waals surface area contributed by atoms with Crippen LogP contribution in [0, 0.1) is 0 Å². The van der Waals surface area contributed by atoms with E-state index in [0.717, 1.165) is 49.6 Å². The molecule has 1 fully saturated rings. The molecule has 0 bridgehead atoms. The van der Waals surface area contributed by atoms with Gasteiger partial charge in [-0.05, 0) is 29.8 Å². The highest BCUT2D eigenvalue weighted by Gasteiger charge is 2.23. The van der Waals surface area contributed by atoms with E-state index >= 15 is 0 Å². The van der Waals surface area contributed by atoms with Gasteiger partial charge in [0.2, 0.25) is 0 Å². The Bertz CT molecular complexity index is 705. The van der Waals surface area contributed by atoms with Gasteiger partial charge in [-0.25, -0.2) is 0 Å². The minimum Gasteiger partial charge on any atom is -0.467 e. The monoisotopic (exact) mass is 504 g/mol. The van der Waals surface area contributed by atoms with Crippen molar-refractivity contribution >= 4 is 41.5 Å². The van der Waals surface area contributed by atoms with Crippen molar-refractivity contribution in [3.05, 3.63) is 59.0 Å². The highest BCUT2D eigenvalue weighted by molar-refractivity contribution is 14.0. The number of guanidine groups is 1. The maximum atomic E-state index is 6.21. The fourth-order valence-corrected chi connectivity index (χ4v) is 3.26. The molecule has 148 valence electrons. The average molecular weight is 505 g/mol. The number of hydrogen-bond acceptors (Lipinski definition) is 4. The number of aliphatic imine (C=N–C) groups is 1. The number of rotatable bonds is 6. The Hall–Kier alpha value is -1.29. The van der Waals surface area contributed by atoms with Crippen molar-refractivity contribution in [3.63, 3.8) is 0 Å². The van der Waals surface area contributed by atoms with E-state index in [1.165, 1.54) is 5.56 Å². The van der Waals surface area contributed by atoms with Gasteiger partial charge in [0.05, 0.1) is 32.1 Å². The molecular formula is C19H26ClIN4O2. The molecule has 2 heterocycles. The fraction of sp³-hybridized carbons (Fsp3) is 0.421. The first-order valence-electron chi connectivity index (χ1n) is 8.80. The zero-order valence-corrected chi connectivity index (χ0v) is 18.4. The van der Waals surface area contributed by atoms with Gasteiger partial charge in [0.15, 0.2) is 5.96 Å². The molecule has 1 aliphatic rings. The molecule has 2 aromatic rings. The lowest BCUT2D eigenvalue weighted by Gasteiger charge is -2.35. The van der Waals surface area contributed by atoms with E-state index in [9.17, 15) is 0 Å². The van der Waals surface area contributed by atoms with Crippen molar-refractivity contribution in [2.24, 2.45) is 4.99 Å². The van der Waals surface area contributed by atoms with Gasteiger partial charge in [-0.15, -0.1) is 24.0 Å². The van der Waals surface area contributed by atoms with Crippen LogP contribution in [-0.4, -0.2) is 50.8 Å². The standard InChI is InChI=1S/C19H25ClN4O2.HI/c1-21-19(22-13-17-6-3-9-26-17)23-14-18(24-7-10-25-11-8-24)15-4-2-5-16(20)12-15;/h2-6,9,12,18H,7-8,10-11,13-14H2,1H3,(H2,21,22,23);1H. The SMILES string of the molecule is CN=C(NCc1ccco1)NCC(c1cccc(Cl)c1)N1CCOCC1.I. The normalized spacial score (nSPS) is 16.4. The van der Waals surface area contributed by atoms with Crippen LogP contribution in [0.5, 0.6) is 0 Å². The number of furan rings is 1. The number of benzene rings is 1. The molecule has 1 aliphatic heterocycles. The van der Waals surface area contributed by atoms with Crippen LogP contribution < -0.4 is 10.6 Å². The number of morpholine rings is 1. The van der Waals surface area contributed by atoms with E-state index in [2.05, 4.69) is 26.6 Å². The maximum absolute atomic E-state index is 6.21. The molecule has 0 saturated carbocycles. The first-order chi connectivity index (χ1) is 12.8. The third kappa shape index (κ3) is 6.67. The molecule has 6 nitrogen and oxygen atoms in total. The predicted octanol–water partition coefficient (Wildman–Crippen LogP) is 3.29. The van der Waals surface area contributed by atoms with Crippen LogP contribution in [0.15, 0.2) is 52.1 Å². The van der Waals surface area contributed by atoms with Crippen LogP contribution in [0.25, 0.3) is 0 Å². The highest BCUT2D eigenvalue weighted by Crippen LogP contribution is 2.23. The van der Waals surface area contributed by atoms with Gasteiger partial charge in [0.25, 0.3) is 0 Å². The van der Waals surface area contributed by atoms with Crippen LogP contribution in [0.4, 0.5) is 0 Å². The molecule has 1 aromatic heterocycles. The molecule has 0 spiro atoms. The second kappa shape index (κ2) is 11.5. The summed E-state index contributed by atoms with van der Waals surface area (Å²) in [6.07, 6.45) is 1.67. The lowest BCUT2D eigenvalue weighted by atomic mass is 10.0. The summed E-state index contributed by atoms with van der Waals surface area (Å²) in [5.41, 5.74) is 1.19. The molecule has 8 heteroatoms. The summed E-state index contributed by atoms with van der Waals surface area (Å²) < 4.78 is 10.9. The third-order valence-corrected chi connectivity index (χ3v) is 4.65. The summed E-state index contributed by atoms with van der Waals surface area (Å²) in [4.78, 5) is 6.72. The second-order valence-corrected chi connectivity index (χ2v) is 6.54. The predicted molar refractivity (Wildman–Crippen MR) is 119 cm³/mol. The van der Waals surface area contributed by atoms with Crippen LogP contribution >= 0.6 is 35.6 Å². The molecule has 1 atom stereocenters. The Morgan fingerprint density at radius 2 is 2.04 bits per heavy atom. The molecular weight excluding hydrogens is 479 g/mol.